The van der Waals surface area contributed by atoms with E-state index in [0.717, 1.165) is 29.6 Å². The Hall–Kier alpha value is -3.59. The van der Waals surface area contributed by atoms with Gasteiger partial charge in [0.15, 0.2) is 0 Å². The summed E-state index contributed by atoms with van der Waals surface area (Å²) in [4.78, 5) is 27.3. The molecule has 0 amide bonds. The number of hydrogen-bond acceptors (Lipinski definition) is 7. The van der Waals surface area contributed by atoms with E-state index < -0.39 is 9.85 Å². The van der Waals surface area contributed by atoms with Crippen molar-refractivity contribution in [2.24, 2.45) is 0 Å². The Morgan fingerprint density at radius 2 is 1.66 bits per heavy atom. The second-order valence-corrected chi connectivity index (χ2v) is 6.63. The van der Waals surface area contributed by atoms with Gasteiger partial charge in [0.1, 0.15) is 5.75 Å². The third-order valence-corrected chi connectivity index (χ3v) is 4.37. The Labute approximate surface area is 166 Å². The molecule has 3 aromatic rings. The fraction of sp³-hybridized carbons (Fsp3) is 0.250. The van der Waals surface area contributed by atoms with Crippen LogP contribution in [0.1, 0.15) is 12.1 Å². The summed E-state index contributed by atoms with van der Waals surface area (Å²) < 4.78 is 5.61. The molecule has 9 heteroatoms. The molecule has 150 valence electrons. The number of aromatic nitrogens is 1. The molecule has 0 atom stereocenters. The Morgan fingerprint density at radius 3 is 2.34 bits per heavy atom. The van der Waals surface area contributed by atoms with E-state index in [9.17, 15) is 20.2 Å². The van der Waals surface area contributed by atoms with E-state index in [1.165, 1.54) is 24.3 Å². The van der Waals surface area contributed by atoms with Crippen molar-refractivity contribution in [2.75, 3.05) is 20.2 Å². The monoisotopic (exact) mass is 396 g/mol. The van der Waals surface area contributed by atoms with Crippen LogP contribution in [0.25, 0.3) is 10.9 Å². The molecule has 0 aliphatic carbocycles. The van der Waals surface area contributed by atoms with Crippen molar-refractivity contribution in [1.82, 2.24) is 9.88 Å². The second kappa shape index (κ2) is 9.07. The third-order valence-electron chi connectivity index (χ3n) is 4.37. The molecule has 0 spiro atoms. The highest BCUT2D eigenvalue weighted by Gasteiger charge is 2.09. The lowest BCUT2D eigenvalue weighted by atomic mass is 10.2. The molecule has 0 saturated carbocycles. The molecule has 0 aliphatic heterocycles. The predicted octanol–water partition coefficient (Wildman–Crippen LogP) is 3.95. The topological polar surface area (TPSA) is 112 Å². The lowest BCUT2D eigenvalue weighted by molar-refractivity contribution is -0.385. The second-order valence-electron chi connectivity index (χ2n) is 6.63. The van der Waals surface area contributed by atoms with Gasteiger partial charge in [-0.25, -0.2) is 0 Å². The minimum Gasteiger partial charge on any atom is -0.494 e. The maximum Gasteiger partial charge on any atom is 0.270 e. The van der Waals surface area contributed by atoms with Crippen molar-refractivity contribution >= 4 is 22.3 Å². The first-order chi connectivity index (χ1) is 13.9. The minimum absolute atomic E-state index is 0.0366. The highest BCUT2D eigenvalue weighted by Crippen LogP contribution is 2.20. The summed E-state index contributed by atoms with van der Waals surface area (Å²) in [6.07, 6.45) is 0.785. The molecule has 0 bridgehead atoms. The standard InChI is InChI=1S/C20H20N4O5/c1-22(11-2-12-29-19-8-5-17(6-9-19)23(25)26)14-16-4-3-15-13-18(24(27)28)7-10-20(15)21-16/h3-10,13H,2,11-12,14H2,1H3. The van der Waals surface area contributed by atoms with Gasteiger partial charge in [0, 0.05) is 42.7 Å². The Morgan fingerprint density at radius 1 is 0.966 bits per heavy atom. The lowest BCUT2D eigenvalue weighted by Gasteiger charge is -2.16. The van der Waals surface area contributed by atoms with Gasteiger partial charge < -0.3 is 9.64 Å². The number of fused-ring (bicyclic) bond motifs is 1. The fourth-order valence-corrected chi connectivity index (χ4v) is 2.90. The summed E-state index contributed by atoms with van der Waals surface area (Å²) in [5.74, 6) is 0.601. The molecule has 3 rings (SSSR count). The first kappa shape index (κ1) is 20.2. The zero-order valence-corrected chi connectivity index (χ0v) is 15.9. The van der Waals surface area contributed by atoms with Crippen LogP contribution in [0.5, 0.6) is 5.75 Å². The molecule has 2 aromatic carbocycles. The number of rotatable bonds is 9. The molecule has 9 nitrogen and oxygen atoms in total. The van der Waals surface area contributed by atoms with Crippen LogP contribution in [-0.4, -0.2) is 39.9 Å². The third kappa shape index (κ3) is 5.45. The van der Waals surface area contributed by atoms with Crippen LogP contribution in [0.3, 0.4) is 0 Å². The predicted molar refractivity (Wildman–Crippen MR) is 108 cm³/mol. The maximum absolute atomic E-state index is 10.9. The van der Waals surface area contributed by atoms with E-state index in [-0.39, 0.29) is 11.4 Å². The van der Waals surface area contributed by atoms with Gasteiger partial charge in [0.05, 0.1) is 27.7 Å². The summed E-state index contributed by atoms with van der Waals surface area (Å²) in [5.41, 5.74) is 1.69. The minimum atomic E-state index is -0.444. The van der Waals surface area contributed by atoms with Crippen molar-refractivity contribution < 1.29 is 14.6 Å². The Balaban J connectivity index is 1.47. The summed E-state index contributed by atoms with van der Waals surface area (Å²) in [6.45, 7) is 1.92. The van der Waals surface area contributed by atoms with E-state index >= 15 is 0 Å². The van der Waals surface area contributed by atoms with Crippen molar-refractivity contribution in [3.63, 3.8) is 0 Å². The summed E-state index contributed by atoms with van der Waals surface area (Å²) in [6, 6.07) is 14.4. The van der Waals surface area contributed by atoms with Crippen molar-refractivity contribution in [2.45, 2.75) is 13.0 Å². The summed E-state index contributed by atoms with van der Waals surface area (Å²) >= 11 is 0. The number of nitro groups is 2. The average Bonchev–Trinajstić information content (AvgIpc) is 2.71. The lowest BCUT2D eigenvalue weighted by Crippen LogP contribution is -2.21. The number of non-ortho nitro benzene ring substituents is 2. The van der Waals surface area contributed by atoms with Crippen LogP contribution in [0.15, 0.2) is 54.6 Å². The maximum atomic E-state index is 10.9. The van der Waals surface area contributed by atoms with E-state index in [1.54, 1.807) is 18.2 Å². The van der Waals surface area contributed by atoms with Gasteiger partial charge in [-0.2, -0.15) is 0 Å². The molecule has 0 aliphatic rings. The molecular weight excluding hydrogens is 376 g/mol. The van der Waals surface area contributed by atoms with Crippen LogP contribution in [0.2, 0.25) is 0 Å². The zero-order valence-electron chi connectivity index (χ0n) is 15.9. The molecule has 1 heterocycles. The first-order valence-corrected chi connectivity index (χ1v) is 9.02. The fourth-order valence-electron chi connectivity index (χ4n) is 2.90. The van der Waals surface area contributed by atoms with E-state index in [1.807, 2.05) is 19.2 Å². The largest absolute Gasteiger partial charge is 0.494 e. The normalized spacial score (nSPS) is 11.0. The van der Waals surface area contributed by atoms with Crippen LogP contribution >= 0.6 is 0 Å². The van der Waals surface area contributed by atoms with Gasteiger partial charge in [-0.3, -0.25) is 25.2 Å². The molecule has 0 saturated heterocycles. The molecule has 29 heavy (non-hydrogen) atoms. The summed E-state index contributed by atoms with van der Waals surface area (Å²) in [5, 5.41) is 22.2. The van der Waals surface area contributed by atoms with Crippen LogP contribution in [-0.2, 0) is 6.54 Å². The smallest absolute Gasteiger partial charge is 0.270 e. The van der Waals surface area contributed by atoms with Gasteiger partial charge in [0.2, 0.25) is 0 Å². The average molecular weight is 396 g/mol. The number of pyridine rings is 1. The van der Waals surface area contributed by atoms with Gasteiger partial charge >= 0.3 is 0 Å². The number of benzene rings is 2. The van der Waals surface area contributed by atoms with Crippen LogP contribution in [0.4, 0.5) is 11.4 Å². The zero-order chi connectivity index (χ0) is 20.8. The SMILES string of the molecule is CN(CCCOc1ccc([N+](=O)[O-])cc1)Cc1ccc2cc([N+](=O)[O-])ccc2n1. The highest BCUT2D eigenvalue weighted by atomic mass is 16.6. The van der Waals surface area contributed by atoms with Gasteiger partial charge in [-0.05, 0) is 37.7 Å². The number of ether oxygens (including phenoxy) is 1. The van der Waals surface area contributed by atoms with Crippen LogP contribution < -0.4 is 4.74 Å². The van der Waals surface area contributed by atoms with Gasteiger partial charge in [-0.15, -0.1) is 0 Å². The molecule has 1 aromatic heterocycles. The first-order valence-electron chi connectivity index (χ1n) is 9.02. The van der Waals surface area contributed by atoms with Gasteiger partial charge in [-0.1, -0.05) is 6.07 Å². The number of hydrogen-bond donors (Lipinski definition) is 0. The van der Waals surface area contributed by atoms with Crippen LogP contribution in [0, 0.1) is 20.2 Å². The van der Waals surface area contributed by atoms with Crippen molar-refractivity contribution in [3.8, 4) is 5.75 Å². The molecule has 0 radical (unpaired) electrons. The molecule has 0 fully saturated rings. The quantitative estimate of drug-likeness (QED) is 0.306. The Kier molecular flexibility index (Phi) is 6.30. The van der Waals surface area contributed by atoms with E-state index in [4.69, 9.17) is 4.74 Å². The number of nitro benzene ring substituents is 2. The summed E-state index contributed by atoms with van der Waals surface area (Å²) in [7, 11) is 1.98. The molecule has 0 N–H and O–H groups in total. The van der Waals surface area contributed by atoms with Gasteiger partial charge in [0.25, 0.3) is 11.4 Å². The Bertz CT molecular complexity index is 1020. The molecular formula is C20H20N4O5. The van der Waals surface area contributed by atoms with Crippen molar-refractivity contribution in [3.05, 3.63) is 80.5 Å². The number of nitrogens with zero attached hydrogens (tertiary/aromatic N) is 4. The highest BCUT2D eigenvalue weighted by molar-refractivity contribution is 5.81. The van der Waals surface area contributed by atoms with Crippen molar-refractivity contribution in [1.29, 1.82) is 0 Å². The van der Waals surface area contributed by atoms with E-state index in [2.05, 4.69) is 9.88 Å². The molecule has 0 unspecified atom stereocenters. The van der Waals surface area contributed by atoms with E-state index in [0.29, 0.717) is 18.9 Å².